The molecular formula is C15H16ClFN2. The molecule has 19 heavy (non-hydrogen) atoms. The highest BCUT2D eigenvalue weighted by atomic mass is 35.5. The van der Waals surface area contributed by atoms with E-state index in [2.05, 4.69) is 17.2 Å². The fourth-order valence-corrected chi connectivity index (χ4v) is 2.08. The van der Waals surface area contributed by atoms with Gasteiger partial charge in [-0.15, -0.1) is 0 Å². The summed E-state index contributed by atoms with van der Waals surface area (Å²) < 4.78 is 12.8. The Bertz CT molecular complexity index is 475. The van der Waals surface area contributed by atoms with Gasteiger partial charge in [0.25, 0.3) is 0 Å². The highest BCUT2D eigenvalue weighted by Gasteiger charge is 2.12. The van der Waals surface area contributed by atoms with Crippen LogP contribution in [0.5, 0.6) is 0 Å². The summed E-state index contributed by atoms with van der Waals surface area (Å²) >= 11 is 5.87. The van der Waals surface area contributed by atoms with Gasteiger partial charge in [0.05, 0.1) is 11.9 Å². The van der Waals surface area contributed by atoms with Gasteiger partial charge < -0.3 is 5.32 Å². The standard InChI is InChI=1S/C15H16ClFN2/c1-10(12-3-5-13(16)6-4-12)19-11(2)15-8-7-14(17)9-18-15/h3-11,19H,1-2H3/t10-,11?/m1/s1. The van der Waals surface area contributed by atoms with Gasteiger partial charge in [0.1, 0.15) is 5.82 Å². The Kier molecular flexibility index (Phi) is 4.51. The molecule has 1 aromatic heterocycles. The number of rotatable bonds is 4. The fourth-order valence-electron chi connectivity index (χ4n) is 1.95. The highest BCUT2D eigenvalue weighted by molar-refractivity contribution is 6.30. The lowest BCUT2D eigenvalue weighted by Crippen LogP contribution is -2.23. The number of aromatic nitrogens is 1. The summed E-state index contributed by atoms with van der Waals surface area (Å²) in [6.45, 7) is 4.08. The minimum atomic E-state index is -0.318. The first-order valence-electron chi connectivity index (χ1n) is 6.19. The second kappa shape index (κ2) is 6.13. The number of nitrogens with zero attached hydrogens (tertiary/aromatic N) is 1. The average molecular weight is 279 g/mol. The maximum atomic E-state index is 12.8. The first-order valence-corrected chi connectivity index (χ1v) is 6.57. The predicted octanol–water partition coefficient (Wildman–Crippen LogP) is 4.29. The van der Waals surface area contributed by atoms with Gasteiger partial charge >= 0.3 is 0 Å². The van der Waals surface area contributed by atoms with Crippen LogP contribution in [-0.4, -0.2) is 4.98 Å². The molecule has 1 aromatic carbocycles. The maximum absolute atomic E-state index is 12.8. The van der Waals surface area contributed by atoms with E-state index in [1.807, 2.05) is 31.2 Å². The molecule has 0 bridgehead atoms. The first kappa shape index (κ1) is 14.0. The molecule has 0 aliphatic carbocycles. The van der Waals surface area contributed by atoms with Crippen molar-refractivity contribution in [1.82, 2.24) is 10.3 Å². The van der Waals surface area contributed by atoms with Crippen LogP contribution in [0.15, 0.2) is 42.6 Å². The first-order chi connectivity index (χ1) is 9.06. The molecular weight excluding hydrogens is 263 g/mol. The molecule has 1 unspecified atom stereocenters. The van der Waals surface area contributed by atoms with Crippen molar-refractivity contribution in [3.05, 3.63) is 64.7 Å². The zero-order chi connectivity index (χ0) is 13.8. The Hall–Kier alpha value is -1.45. The minimum Gasteiger partial charge on any atom is -0.302 e. The molecule has 0 aliphatic heterocycles. The number of hydrogen-bond acceptors (Lipinski definition) is 2. The zero-order valence-electron chi connectivity index (χ0n) is 10.9. The lowest BCUT2D eigenvalue weighted by molar-refractivity contribution is 0.484. The molecule has 4 heteroatoms. The summed E-state index contributed by atoms with van der Waals surface area (Å²) in [6.07, 6.45) is 1.24. The van der Waals surface area contributed by atoms with Gasteiger partial charge in [-0.2, -0.15) is 0 Å². The van der Waals surface area contributed by atoms with Gasteiger partial charge in [0, 0.05) is 17.1 Å². The van der Waals surface area contributed by atoms with Crippen molar-refractivity contribution in [2.24, 2.45) is 0 Å². The van der Waals surface area contributed by atoms with Crippen LogP contribution in [0.25, 0.3) is 0 Å². The Morgan fingerprint density at radius 3 is 2.32 bits per heavy atom. The molecule has 0 saturated heterocycles. The third-order valence-corrected chi connectivity index (χ3v) is 3.32. The molecule has 0 radical (unpaired) electrons. The Morgan fingerprint density at radius 2 is 1.74 bits per heavy atom. The van der Waals surface area contributed by atoms with Gasteiger partial charge in [-0.1, -0.05) is 23.7 Å². The molecule has 2 atom stereocenters. The van der Waals surface area contributed by atoms with E-state index in [4.69, 9.17) is 11.6 Å². The largest absolute Gasteiger partial charge is 0.302 e. The molecule has 2 nitrogen and oxygen atoms in total. The molecule has 2 rings (SSSR count). The Balaban J connectivity index is 2.03. The molecule has 0 amide bonds. The van der Waals surface area contributed by atoms with Crippen molar-refractivity contribution >= 4 is 11.6 Å². The summed E-state index contributed by atoms with van der Waals surface area (Å²) in [4.78, 5) is 4.08. The van der Waals surface area contributed by atoms with E-state index < -0.39 is 0 Å². The van der Waals surface area contributed by atoms with Gasteiger partial charge in [-0.25, -0.2) is 4.39 Å². The molecule has 0 saturated carbocycles. The van der Waals surface area contributed by atoms with Crippen LogP contribution in [0.1, 0.15) is 37.2 Å². The third-order valence-electron chi connectivity index (χ3n) is 3.06. The maximum Gasteiger partial charge on any atom is 0.141 e. The lowest BCUT2D eigenvalue weighted by Gasteiger charge is -2.20. The summed E-state index contributed by atoms with van der Waals surface area (Å²) in [5, 5.41) is 4.15. The fraction of sp³-hybridized carbons (Fsp3) is 0.267. The molecule has 0 spiro atoms. The Morgan fingerprint density at radius 1 is 1.05 bits per heavy atom. The van der Waals surface area contributed by atoms with Crippen LogP contribution in [0.3, 0.4) is 0 Å². The second-order valence-electron chi connectivity index (χ2n) is 4.56. The van der Waals surface area contributed by atoms with Crippen molar-refractivity contribution in [2.45, 2.75) is 25.9 Å². The number of nitrogens with one attached hydrogen (secondary N) is 1. The van der Waals surface area contributed by atoms with Crippen LogP contribution >= 0.6 is 11.6 Å². The van der Waals surface area contributed by atoms with Gasteiger partial charge in [-0.05, 0) is 43.7 Å². The van der Waals surface area contributed by atoms with Crippen molar-refractivity contribution in [1.29, 1.82) is 0 Å². The SMILES string of the molecule is CC(N[C@H](C)c1ccc(Cl)cc1)c1ccc(F)cn1. The monoisotopic (exact) mass is 278 g/mol. The van der Waals surface area contributed by atoms with E-state index in [0.717, 1.165) is 16.3 Å². The lowest BCUT2D eigenvalue weighted by atomic mass is 10.1. The van der Waals surface area contributed by atoms with Crippen LogP contribution in [0.4, 0.5) is 4.39 Å². The van der Waals surface area contributed by atoms with E-state index in [1.165, 1.54) is 12.3 Å². The molecule has 0 fully saturated rings. The highest BCUT2D eigenvalue weighted by Crippen LogP contribution is 2.20. The molecule has 1 N–H and O–H groups in total. The number of hydrogen-bond donors (Lipinski definition) is 1. The third kappa shape index (κ3) is 3.75. The zero-order valence-corrected chi connectivity index (χ0v) is 11.7. The van der Waals surface area contributed by atoms with Gasteiger partial charge in [-0.3, -0.25) is 4.98 Å². The number of halogens is 2. The predicted molar refractivity (Wildman–Crippen MR) is 75.6 cm³/mol. The van der Waals surface area contributed by atoms with Gasteiger partial charge in [0.15, 0.2) is 0 Å². The second-order valence-corrected chi connectivity index (χ2v) is 5.00. The average Bonchev–Trinajstić information content (AvgIpc) is 2.40. The van der Waals surface area contributed by atoms with Crippen LogP contribution in [-0.2, 0) is 0 Å². The Labute approximate surface area is 117 Å². The molecule has 0 aliphatic rings. The quantitative estimate of drug-likeness (QED) is 0.903. The van der Waals surface area contributed by atoms with Crippen LogP contribution < -0.4 is 5.32 Å². The molecule has 1 heterocycles. The topological polar surface area (TPSA) is 24.9 Å². The summed E-state index contributed by atoms with van der Waals surface area (Å²) in [7, 11) is 0. The van der Waals surface area contributed by atoms with Crippen molar-refractivity contribution < 1.29 is 4.39 Å². The molecule has 100 valence electrons. The van der Waals surface area contributed by atoms with Crippen molar-refractivity contribution in [3.8, 4) is 0 Å². The van der Waals surface area contributed by atoms with Crippen molar-refractivity contribution in [3.63, 3.8) is 0 Å². The smallest absolute Gasteiger partial charge is 0.141 e. The van der Waals surface area contributed by atoms with E-state index >= 15 is 0 Å². The van der Waals surface area contributed by atoms with E-state index in [0.29, 0.717) is 0 Å². The van der Waals surface area contributed by atoms with E-state index in [9.17, 15) is 4.39 Å². The number of benzene rings is 1. The van der Waals surface area contributed by atoms with Crippen LogP contribution in [0, 0.1) is 5.82 Å². The van der Waals surface area contributed by atoms with E-state index in [-0.39, 0.29) is 17.9 Å². The number of pyridine rings is 1. The van der Waals surface area contributed by atoms with Crippen molar-refractivity contribution in [2.75, 3.05) is 0 Å². The van der Waals surface area contributed by atoms with E-state index in [1.54, 1.807) is 6.07 Å². The summed E-state index contributed by atoms with van der Waals surface area (Å²) in [6, 6.07) is 11.1. The summed E-state index contributed by atoms with van der Waals surface area (Å²) in [5.41, 5.74) is 1.97. The molecule has 2 aromatic rings. The van der Waals surface area contributed by atoms with Gasteiger partial charge in [0.2, 0.25) is 0 Å². The normalized spacial score (nSPS) is 14.1. The minimum absolute atomic E-state index is 0.0475. The van der Waals surface area contributed by atoms with Crippen LogP contribution in [0.2, 0.25) is 5.02 Å². The summed E-state index contributed by atoms with van der Waals surface area (Å²) in [5.74, 6) is -0.318.